The van der Waals surface area contributed by atoms with Crippen molar-refractivity contribution in [3.05, 3.63) is 42.0 Å². The van der Waals surface area contributed by atoms with Crippen LogP contribution in [0.25, 0.3) is 6.08 Å². The van der Waals surface area contributed by atoms with Gasteiger partial charge in [-0.3, -0.25) is 4.90 Å². The summed E-state index contributed by atoms with van der Waals surface area (Å²) in [6, 6.07) is 10.3. The molecule has 4 heteroatoms. The number of carbonyl (C=O) groups is 1. The van der Waals surface area contributed by atoms with Crippen molar-refractivity contribution in [3.8, 4) is 0 Å². The van der Waals surface area contributed by atoms with Gasteiger partial charge in [0.2, 0.25) is 0 Å². The first-order valence-electron chi connectivity index (χ1n) is 8.36. The van der Waals surface area contributed by atoms with E-state index in [0.29, 0.717) is 0 Å². The van der Waals surface area contributed by atoms with Crippen LogP contribution in [0.1, 0.15) is 32.8 Å². The van der Waals surface area contributed by atoms with Gasteiger partial charge in [0, 0.05) is 32.7 Å². The highest BCUT2D eigenvalue weighted by Gasteiger charge is 2.25. The largest absolute Gasteiger partial charge is 0.444 e. The summed E-state index contributed by atoms with van der Waals surface area (Å²) in [5.74, 6) is 0. The van der Waals surface area contributed by atoms with Gasteiger partial charge in [-0.25, -0.2) is 4.79 Å². The van der Waals surface area contributed by atoms with Crippen molar-refractivity contribution in [2.45, 2.75) is 32.8 Å². The Labute approximate surface area is 139 Å². The first-order valence-corrected chi connectivity index (χ1v) is 8.36. The first-order chi connectivity index (χ1) is 10.9. The van der Waals surface area contributed by atoms with Crippen LogP contribution in [0, 0.1) is 0 Å². The topological polar surface area (TPSA) is 32.8 Å². The van der Waals surface area contributed by atoms with Gasteiger partial charge in [-0.2, -0.15) is 0 Å². The summed E-state index contributed by atoms with van der Waals surface area (Å²) >= 11 is 0. The fourth-order valence-corrected chi connectivity index (χ4v) is 2.52. The molecule has 2 rings (SSSR count). The summed E-state index contributed by atoms with van der Waals surface area (Å²) in [6.07, 6.45) is 5.22. The standard InChI is InChI=1S/C19H28N2O2/c1-19(2,3)23-18(22)21-15-13-20(14-16-21)12-8-7-11-17-9-5-4-6-10-17/h4-7,9-11H,8,12-16H2,1-3H3/b11-7+. The van der Waals surface area contributed by atoms with Crippen LogP contribution in [0.15, 0.2) is 36.4 Å². The molecule has 0 spiro atoms. The zero-order chi connectivity index (χ0) is 16.7. The number of carbonyl (C=O) groups excluding carboxylic acids is 1. The van der Waals surface area contributed by atoms with E-state index in [9.17, 15) is 4.79 Å². The molecule has 1 heterocycles. The molecule has 1 aliphatic heterocycles. The van der Waals surface area contributed by atoms with E-state index in [1.165, 1.54) is 5.56 Å². The molecule has 1 amide bonds. The Morgan fingerprint density at radius 1 is 1.13 bits per heavy atom. The van der Waals surface area contributed by atoms with E-state index in [1.807, 2.05) is 31.7 Å². The molecule has 0 aliphatic carbocycles. The van der Waals surface area contributed by atoms with Crippen molar-refractivity contribution in [2.75, 3.05) is 32.7 Å². The molecule has 0 aromatic heterocycles. The summed E-state index contributed by atoms with van der Waals surface area (Å²) in [4.78, 5) is 16.2. The van der Waals surface area contributed by atoms with E-state index in [0.717, 1.165) is 39.1 Å². The quantitative estimate of drug-likeness (QED) is 0.850. The predicted octanol–water partition coefficient (Wildman–Crippen LogP) is 3.64. The number of piperazine rings is 1. The zero-order valence-electron chi connectivity index (χ0n) is 14.5. The molecule has 1 aromatic rings. The van der Waals surface area contributed by atoms with Gasteiger partial charge in [0.25, 0.3) is 0 Å². The Balaban J connectivity index is 1.67. The van der Waals surface area contributed by atoms with Crippen molar-refractivity contribution < 1.29 is 9.53 Å². The lowest BCUT2D eigenvalue weighted by molar-refractivity contribution is 0.0147. The number of rotatable bonds is 4. The van der Waals surface area contributed by atoms with Crippen LogP contribution >= 0.6 is 0 Å². The monoisotopic (exact) mass is 316 g/mol. The molecule has 23 heavy (non-hydrogen) atoms. The van der Waals surface area contributed by atoms with E-state index in [1.54, 1.807) is 0 Å². The molecule has 1 fully saturated rings. The third-order valence-corrected chi connectivity index (χ3v) is 3.75. The Hall–Kier alpha value is -1.81. The van der Waals surface area contributed by atoms with Gasteiger partial charge in [0.05, 0.1) is 0 Å². The maximum atomic E-state index is 12.0. The molecular weight excluding hydrogens is 288 g/mol. The van der Waals surface area contributed by atoms with Crippen LogP contribution in [0.3, 0.4) is 0 Å². The molecule has 0 bridgehead atoms. The number of nitrogens with zero attached hydrogens (tertiary/aromatic N) is 2. The molecule has 1 aliphatic rings. The second-order valence-electron chi connectivity index (χ2n) is 6.91. The Kier molecular flexibility index (Phi) is 6.22. The molecule has 1 saturated heterocycles. The Bertz CT molecular complexity index is 512. The normalized spacial score (nSPS) is 16.7. The summed E-state index contributed by atoms with van der Waals surface area (Å²) < 4.78 is 5.42. The maximum absolute atomic E-state index is 12.0. The third-order valence-electron chi connectivity index (χ3n) is 3.75. The van der Waals surface area contributed by atoms with Gasteiger partial charge in [-0.15, -0.1) is 0 Å². The first kappa shape index (κ1) is 17.5. The summed E-state index contributed by atoms with van der Waals surface area (Å²) in [7, 11) is 0. The van der Waals surface area contributed by atoms with Crippen molar-refractivity contribution in [1.82, 2.24) is 9.80 Å². The second kappa shape index (κ2) is 8.16. The van der Waals surface area contributed by atoms with Crippen LogP contribution in [-0.4, -0.2) is 54.2 Å². The number of hydrogen-bond acceptors (Lipinski definition) is 3. The molecule has 0 N–H and O–H groups in total. The van der Waals surface area contributed by atoms with Gasteiger partial charge in [0.1, 0.15) is 5.60 Å². The van der Waals surface area contributed by atoms with E-state index >= 15 is 0 Å². The SMILES string of the molecule is CC(C)(C)OC(=O)N1CCN(CC/C=C/c2ccccc2)CC1. The van der Waals surface area contributed by atoms with Gasteiger partial charge in [-0.05, 0) is 32.8 Å². The second-order valence-corrected chi connectivity index (χ2v) is 6.91. The van der Waals surface area contributed by atoms with Gasteiger partial charge in [0.15, 0.2) is 0 Å². The zero-order valence-corrected chi connectivity index (χ0v) is 14.5. The van der Waals surface area contributed by atoms with Crippen molar-refractivity contribution in [3.63, 3.8) is 0 Å². The highest BCUT2D eigenvalue weighted by molar-refractivity contribution is 5.68. The molecule has 4 nitrogen and oxygen atoms in total. The maximum Gasteiger partial charge on any atom is 0.410 e. The molecule has 0 saturated carbocycles. The summed E-state index contributed by atoms with van der Waals surface area (Å²) in [5.41, 5.74) is 0.818. The smallest absolute Gasteiger partial charge is 0.410 e. The minimum Gasteiger partial charge on any atom is -0.444 e. The molecule has 126 valence electrons. The van der Waals surface area contributed by atoms with E-state index in [4.69, 9.17) is 4.74 Å². The number of benzene rings is 1. The van der Waals surface area contributed by atoms with Crippen LogP contribution in [-0.2, 0) is 4.74 Å². The van der Waals surface area contributed by atoms with E-state index in [-0.39, 0.29) is 6.09 Å². The highest BCUT2D eigenvalue weighted by Crippen LogP contribution is 2.12. The predicted molar refractivity (Wildman–Crippen MR) is 94.3 cm³/mol. The number of hydrogen-bond donors (Lipinski definition) is 0. The molecule has 0 atom stereocenters. The van der Waals surface area contributed by atoms with Crippen molar-refractivity contribution in [2.24, 2.45) is 0 Å². The summed E-state index contributed by atoms with van der Waals surface area (Å²) in [5, 5.41) is 0. The van der Waals surface area contributed by atoms with E-state index < -0.39 is 5.60 Å². The average Bonchev–Trinajstić information content (AvgIpc) is 2.51. The molecular formula is C19H28N2O2. The average molecular weight is 316 g/mol. The molecule has 0 radical (unpaired) electrons. The minimum atomic E-state index is -0.420. The van der Waals surface area contributed by atoms with Crippen LogP contribution < -0.4 is 0 Å². The number of amides is 1. The molecule has 0 unspecified atom stereocenters. The van der Waals surface area contributed by atoms with Crippen LogP contribution in [0.4, 0.5) is 4.79 Å². The van der Waals surface area contributed by atoms with Crippen molar-refractivity contribution >= 4 is 12.2 Å². The third kappa shape index (κ3) is 6.45. The fourth-order valence-electron chi connectivity index (χ4n) is 2.52. The summed E-state index contributed by atoms with van der Waals surface area (Å²) in [6.45, 7) is 10.1. The number of ether oxygens (including phenoxy) is 1. The highest BCUT2D eigenvalue weighted by atomic mass is 16.6. The van der Waals surface area contributed by atoms with Gasteiger partial charge in [-0.1, -0.05) is 42.5 Å². The van der Waals surface area contributed by atoms with Crippen LogP contribution in [0.5, 0.6) is 0 Å². The van der Waals surface area contributed by atoms with Gasteiger partial charge >= 0.3 is 6.09 Å². The minimum absolute atomic E-state index is 0.193. The van der Waals surface area contributed by atoms with Crippen molar-refractivity contribution in [1.29, 1.82) is 0 Å². The fraction of sp³-hybridized carbons (Fsp3) is 0.526. The lowest BCUT2D eigenvalue weighted by Gasteiger charge is -2.35. The van der Waals surface area contributed by atoms with Gasteiger partial charge < -0.3 is 9.64 Å². The lowest BCUT2D eigenvalue weighted by atomic mass is 10.2. The Morgan fingerprint density at radius 3 is 2.39 bits per heavy atom. The van der Waals surface area contributed by atoms with Crippen LogP contribution in [0.2, 0.25) is 0 Å². The van der Waals surface area contributed by atoms with E-state index in [2.05, 4.69) is 41.3 Å². The Morgan fingerprint density at radius 2 is 1.78 bits per heavy atom. The molecule has 1 aromatic carbocycles. The lowest BCUT2D eigenvalue weighted by Crippen LogP contribution is -2.50.